The van der Waals surface area contributed by atoms with Crippen molar-refractivity contribution in [1.82, 2.24) is 9.13 Å². The van der Waals surface area contributed by atoms with E-state index in [1.807, 2.05) is 24.3 Å². The molecule has 1 aliphatic rings. The van der Waals surface area contributed by atoms with E-state index in [9.17, 15) is 10.2 Å². The Bertz CT molecular complexity index is 1940. The van der Waals surface area contributed by atoms with Gasteiger partial charge in [-0.1, -0.05) is 98.5 Å². The normalized spacial score (nSPS) is 13.0. The highest BCUT2D eigenvalue weighted by atomic mass is 16.3. The molecule has 6 heteroatoms. The van der Waals surface area contributed by atoms with E-state index < -0.39 is 0 Å². The topological polar surface area (TPSA) is 58.1 Å². The van der Waals surface area contributed by atoms with E-state index in [0.717, 1.165) is 37.1 Å². The number of aliphatic hydroxyl groups excluding tert-OH is 2. The Morgan fingerprint density at radius 3 is 1.26 bits per heavy atom. The number of hydrogen-bond donors (Lipinski definition) is 2. The SMILES string of the molecule is C[n+]1ccn(CCCCCCC2(CCCCCCn3cc[n+](C)c3)c3cc(-c4ccc(CO)cc4)ccc3-c3ccc(-c4ccc(CO)cc4)cc32)c1. The Kier molecular flexibility index (Phi) is 11.7. The van der Waals surface area contributed by atoms with Crippen LogP contribution in [0.25, 0.3) is 33.4 Å². The van der Waals surface area contributed by atoms with Crippen LogP contribution in [0.15, 0.2) is 122 Å². The van der Waals surface area contributed by atoms with Gasteiger partial charge in [-0.3, -0.25) is 0 Å². The van der Waals surface area contributed by atoms with Crippen molar-refractivity contribution >= 4 is 0 Å². The van der Waals surface area contributed by atoms with E-state index in [-0.39, 0.29) is 18.6 Å². The first-order chi connectivity index (χ1) is 26.0. The van der Waals surface area contributed by atoms with Crippen molar-refractivity contribution in [3.63, 3.8) is 0 Å². The molecule has 0 saturated carbocycles. The fourth-order valence-corrected chi connectivity index (χ4v) is 8.54. The van der Waals surface area contributed by atoms with Gasteiger partial charge < -0.3 is 10.2 Å². The molecule has 53 heavy (non-hydrogen) atoms. The first-order valence-electron chi connectivity index (χ1n) is 19.7. The number of aromatic nitrogens is 4. The zero-order valence-corrected chi connectivity index (χ0v) is 31.6. The largest absolute Gasteiger partial charge is 0.392 e. The molecule has 7 rings (SSSR count). The number of fused-ring (bicyclic) bond motifs is 3. The Hall–Kier alpha value is -4.78. The molecule has 2 N–H and O–H groups in total. The van der Waals surface area contributed by atoms with Gasteiger partial charge in [0.2, 0.25) is 12.7 Å². The Balaban J connectivity index is 1.19. The summed E-state index contributed by atoms with van der Waals surface area (Å²) < 4.78 is 8.82. The number of hydrogen-bond acceptors (Lipinski definition) is 2. The number of nitrogens with zero attached hydrogens (tertiary/aromatic N) is 4. The summed E-state index contributed by atoms with van der Waals surface area (Å²) >= 11 is 0. The molecular weight excluding hydrogens is 653 g/mol. The molecular formula is C47H56N4O2+2. The first kappa shape index (κ1) is 36.6. The zero-order chi connectivity index (χ0) is 36.6. The van der Waals surface area contributed by atoms with Crippen molar-refractivity contribution in [3.05, 3.63) is 145 Å². The van der Waals surface area contributed by atoms with Crippen molar-refractivity contribution in [1.29, 1.82) is 0 Å². The predicted octanol–water partition coefficient (Wildman–Crippen LogP) is 8.83. The maximum absolute atomic E-state index is 9.70. The Morgan fingerprint density at radius 2 is 0.887 bits per heavy atom. The monoisotopic (exact) mass is 708 g/mol. The molecule has 274 valence electrons. The molecule has 0 spiro atoms. The highest BCUT2D eigenvalue weighted by molar-refractivity contribution is 5.86. The van der Waals surface area contributed by atoms with E-state index in [1.54, 1.807) is 0 Å². The number of rotatable bonds is 18. The molecule has 0 bridgehead atoms. The number of unbranched alkanes of at least 4 members (excludes halogenated alkanes) is 6. The summed E-state index contributed by atoms with van der Waals surface area (Å²) in [5, 5.41) is 19.4. The summed E-state index contributed by atoms with van der Waals surface area (Å²) in [5.74, 6) is 0. The van der Waals surface area contributed by atoms with Crippen molar-refractivity contribution in [2.24, 2.45) is 14.1 Å². The van der Waals surface area contributed by atoms with Crippen LogP contribution in [0, 0.1) is 0 Å². The van der Waals surface area contributed by atoms with E-state index in [1.165, 1.54) is 95.9 Å². The van der Waals surface area contributed by atoms with Crippen LogP contribution in [0.5, 0.6) is 0 Å². The second kappa shape index (κ2) is 16.9. The molecule has 0 unspecified atom stereocenters. The average Bonchev–Trinajstić information content (AvgIpc) is 3.89. The highest BCUT2D eigenvalue weighted by Gasteiger charge is 2.42. The molecule has 0 saturated heterocycles. The van der Waals surface area contributed by atoms with Crippen LogP contribution in [-0.2, 0) is 45.8 Å². The second-order valence-electron chi connectivity index (χ2n) is 15.3. The number of benzene rings is 4. The smallest absolute Gasteiger partial charge is 0.243 e. The lowest BCUT2D eigenvalue weighted by Gasteiger charge is -2.33. The van der Waals surface area contributed by atoms with Crippen molar-refractivity contribution in [3.8, 4) is 33.4 Å². The summed E-state index contributed by atoms with van der Waals surface area (Å²) in [5.41, 5.74) is 12.4. The third kappa shape index (κ3) is 8.40. The Labute approximate surface area is 315 Å². The standard InChI is InChI=1S/C47H56N4O2/c1-48-27-29-50(35-48)25-9-5-3-7-23-47(24-8-4-6-10-26-51-30-28-49(2)36-51)45-31-41(39-15-11-37(33-52)12-16-39)19-21-43(45)44-22-20-42(32-46(44)47)40-17-13-38(34-53)14-18-40/h11-22,27-32,35-36,52-53H,3-10,23-26,33-34H2,1-2H3/q+2. The molecule has 2 heterocycles. The fourth-order valence-electron chi connectivity index (χ4n) is 8.54. The lowest BCUT2D eigenvalue weighted by Crippen LogP contribution is -2.25. The maximum atomic E-state index is 9.70. The highest BCUT2D eigenvalue weighted by Crippen LogP contribution is 2.55. The van der Waals surface area contributed by atoms with Gasteiger partial charge in [0.05, 0.1) is 40.4 Å². The third-order valence-corrected chi connectivity index (χ3v) is 11.5. The van der Waals surface area contributed by atoms with Crippen LogP contribution in [0.4, 0.5) is 0 Å². The van der Waals surface area contributed by atoms with E-state index >= 15 is 0 Å². The summed E-state index contributed by atoms with van der Waals surface area (Å²) in [6.07, 6.45) is 24.8. The summed E-state index contributed by atoms with van der Waals surface area (Å²) in [6, 6.07) is 31.1. The van der Waals surface area contributed by atoms with Gasteiger partial charge in [-0.15, -0.1) is 0 Å². The van der Waals surface area contributed by atoms with Gasteiger partial charge in [0.25, 0.3) is 0 Å². The Morgan fingerprint density at radius 1 is 0.491 bits per heavy atom. The van der Waals surface area contributed by atoms with Gasteiger partial charge >= 0.3 is 0 Å². The van der Waals surface area contributed by atoms with Crippen LogP contribution in [0.1, 0.15) is 86.5 Å². The average molecular weight is 709 g/mol. The minimum Gasteiger partial charge on any atom is -0.392 e. The van der Waals surface area contributed by atoms with Gasteiger partial charge in [-0.2, -0.15) is 0 Å². The predicted molar refractivity (Wildman–Crippen MR) is 213 cm³/mol. The van der Waals surface area contributed by atoms with Crippen molar-refractivity contribution < 1.29 is 19.3 Å². The maximum Gasteiger partial charge on any atom is 0.243 e. The molecule has 0 amide bonds. The minimum atomic E-state index is -0.0743. The molecule has 4 aromatic carbocycles. The van der Waals surface area contributed by atoms with Gasteiger partial charge in [-0.05, 0) is 106 Å². The molecule has 1 aliphatic carbocycles. The van der Waals surface area contributed by atoms with E-state index in [0.29, 0.717) is 0 Å². The zero-order valence-electron chi connectivity index (χ0n) is 31.6. The van der Waals surface area contributed by atoms with Crippen LogP contribution in [0.2, 0.25) is 0 Å². The van der Waals surface area contributed by atoms with Crippen molar-refractivity contribution in [2.45, 2.75) is 95.9 Å². The van der Waals surface area contributed by atoms with E-state index in [4.69, 9.17) is 0 Å². The molecule has 0 atom stereocenters. The van der Waals surface area contributed by atoms with Gasteiger partial charge in [-0.25, -0.2) is 18.3 Å². The molecule has 0 radical (unpaired) electrons. The summed E-state index contributed by atoms with van der Waals surface area (Å²) in [4.78, 5) is 0. The molecule has 6 aromatic rings. The number of imidazole rings is 2. The van der Waals surface area contributed by atoms with E-state index in [2.05, 4.69) is 130 Å². The molecule has 6 nitrogen and oxygen atoms in total. The summed E-state index contributed by atoms with van der Waals surface area (Å²) in [6.45, 7) is 2.25. The number of aliphatic hydroxyl groups is 2. The quantitative estimate of drug-likeness (QED) is 0.0693. The van der Waals surface area contributed by atoms with Crippen molar-refractivity contribution in [2.75, 3.05) is 0 Å². The molecule has 2 aromatic heterocycles. The third-order valence-electron chi connectivity index (χ3n) is 11.5. The first-order valence-corrected chi connectivity index (χ1v) is 19.7. The fraction of sp³-hybridized carbons (Fsp3) is 0.362. The van der Waals surface area contributed by atoms with Gasteiger partial charge in [0.15, 0.2) is 0 Å². The molecule has 0 aliphatic heterocycles. The van der Waals surface area contributed by atoms with Gasteiger partial charge in [0.1, 0.15) is 24.8 Å². The second-order valence-corrected chi connectivity index (χ2v) is 15.3. The number of aryl methyl sites for hydroxylation is 4. The summed E-state index contributed by atoms with van der Waals surface area (Å²) in [7, 11) is 4.17. The van der Waals surface area contributed by atoms with Gasteiger partial charge in [0, 0.05) is 5.41 Å². The van der Waals surface area contributed by atoms with Crippen LogP contribution in [-0.4, -0.2) is 19.3 Å². The van der Waals surface area contributed by atoms with Crippen LogP contribution < -0.4 is 9.13 Å². The lowest BCUT2D eigenvalue weighted by molar-refractivity contribution is -0.671. The minimum absolute atomic E-state index is 0.0576. The van der Waals surface area contributed by atoms with Crippen LogP contribution in [0.3, 0.4) is 0 Å². The molecule has 0 fully saturated rings. The van der Waals surface area contributed by atoms with Crippen LogP contribution >= 0.6 is 0 Å². The lowest BCUT2D eigenvalue weighted by atomic mass is 9.70.